The molecule has 0 saturated heterocycles. The number of carbonyl (C=O) groups excluding carboxylic acids is 1. The molecule has 0 unspecified atom stereocenters. The van der Waals surface area contributed by atoms with Gasteiger partial charge in [-0.3, -0.25) is 4.79 Å². The number of ketones is 1. The highest BCUT2D eigenvalue weighted by atomic mass is 79.9. The molecule has 0 amide bonds. The monoisotopic (exact) mass is 470 g/mol. The van der Waals surface area contributed by atoms with Crippen molar-refractivity contribution in [2.45, 2.75) is 0 Å². The molecule has 0 aliphatic carbocycles. The van der Waals surface area contributed by atoms with Gasteiger partial charge in [-0.25, -0.2) is 4.39 Å². The summed E-state index contributed by atoms with van der Waals surface area (Å²) in [6.07, 6.45) is 0. The second kappa shape index (κ2) is 6.47. The van der Waals surface area contributed by atoms with Gasteiger partial charge in [0.1, 0.15) is 0 Å². The van der Waals surface area contributed by atoms with Gasteiger partial charge in [0.05, 0.1) is 7.57 Å². The summed E-state index contributed by atoms with van der Waals surface area (Å²) < 4.78 is 20.9. The van der Waals surface area contributed by atoms with Crippen molar-refractivity contribution in [3.05, 3.63) is 47.7 Å². The van der Waals surface area contributed by atoms with E-state index in [9.17, 15) is 9.18 Å². The number of rotatable bonds is 4. The Morgan fingerprint density at radius 3 is 2.63 bits per heavy atom. The van der Waals surface area contributed by atoms with Crippen LogP contribution in [0.2, 0.25) is 0 Å². The molecule has 7 heteroatoms. The van der Waals surface area contributed by atoms with E-state index >= 15 is 0 Å². The summed E-state index contributed by atoms with van der Waals surface area (Å²) >= 11 is 11.2. The van der Waals surface area contributed by atoms with Crippen LogP contribution < -0.4 is 4.74 Å². The van der Waals surface area contributed by atoms with E-state index in [0.717, 1.165) is 7.57 Å². The Morgan fingerprint density at radius 1 is 1.26 bits per heavy atom. The second-order valence-corrected chi connectivity index (χ2v) is 8.19. The maximum atomic E-state index is 13.4. The second-order valence-electron chi connectivity index (χ2n) is 3.52. The summed E-state index contributed by atoms with van der Waals surface area (Å²) in [6, 6.07) is 6.04. The van der Waals surface area contributed by atoms with Crippen molar-refractivity contribution in [3.63, 3.8) is 0 Å². The standard InChI is InChI=1S/C12H6Br3FO2S/c13-6-1-2-8(16)10(3-6)18-5-9(17)7-4-11(14)19-12(7)15/h1-4H,5H2. The average Bonchev–Trinajstić information content (AvgIpc) is 2.69. The molecule has 0 saturated carbocycles. The summed E-state index contributed by atoms with van der Waals surface area (Å²) in [4.78, 5) is 11.9. The van der Waals surface area contributed by atoms with E-state index in [2.05, 4.69) is 47.8 Å². The number of ether oxygens (including phenoxy) is 1. The molecular weight excluding hydrogens is 467 g/mol. The summed E-state index contributed by atoms with van der Waals surface area (Å²) in [5.41, 5.74) is 0.521. The number of thiophene rings is 1. The number of hydrogen-bond donors (Lipinski definition) is 0. The zero-order valence-corrected chi connectivity index (χ0v) is 14.8. The molecule has 0 atom stereocenters. The number of carbonyl (C=O) groups is 1. The molecule has 0 aliphatic rings. The zero-order valence-electron chi connectivity index (χ0n) is 9.25. The van der Waals surface area contributed by atoms with Crippen molar-refractivity contribution in [1.82, 2.24) is 0 Å². The molecular formula is C12H6Br3FO2S. The molecule has 0 aliphatic heterocycles. The maximum absolute atomic E-state index is 13.4. The molecule has 19 heavy (non-hydrogen) atoms. The molecule has 2 rings (SSSR count). The van der Waals surface area contributed by atoms with Gasteiger partial charge >= 0.3 is 0 Å². The Balaban J connectivity index is 2.08. The molecule has 1 aromatic carbocycles. The molecule has 0 N–H and O–H groups in total. The summed E-state index contributed by atoms with van der Waals surface area (Å²) in [7, 11) is 0. The quantitative estimate of drug-likeness (QED) is 0.554. The van der Waals surface area contributed by atoms with E-state index in [4.69, 9.17) is 4.74 Å². The first-order chi connectivity index (χ1) is 8.97. The lowest BCUT2D eigenvalue weighted by Crippen LogP contribution is -2.11. The van der Waals surface area contributed by atoms with Crippen LogP contribution in [-0.4, -0.2) is 12.4 Å². The molecule has 0 radical (unpaired) electrons. The van der Waals surface area contributed by atoms with Gasteiger partial charge in [-0.15, -0.1) is 11.3 Å². The summed E-state index contributed by atoms with van der Waals surface area (Å²) in [5, 5.41) is 0. The van der Waals surface area contributed by atoms with Crippen molar-refractivity contribution in [2.24, 2.45) is 0 Å². The van der Waals surface area contributed by atoms with Crippen LogP contribution in [0, 0.1) is 5.82 Å². The van der Waals surface area contributed by atoms with Crippen molar-refractivity contribution in [2.75, 3.05) is 6.61 Å². The van der Waals surface area contributed by atoms with Crippen LogP contribution in [0.1, 0.15) is 10.4 Å². The van der Waals surface area contributed by atoms with Crippen molar-refractivity contribution >= 4 is 64.9 Å². The first-order valence-corrected chi connectivity index (χ1v) is 8.23. The van der Waals surface area contributed by atoms with Crippen molar-refractivity contribution < 1.29 is 13.9 Å². The highest BCUT2D eigenvalue weighted by molar-refractivity contribution is 9.12. The average molecular weight is 473 g/mol. The summed E-state index contributed by atoms with van der Waals surface area (Å²) in [6.45, 7) is -0.213. The van der Waals surface area contributed by atoms with Crippen LogP contribution >= 0.6 is 59.1 Å². The zero-order chi connectivity index (χ0) is 14.0. The fourth-order valence-corrected chi connectivity index (χ4v) is 4.53. The van der Waals surface area contributed by atoms with Crippen LogP contribution in [0.5, 0.6) is 5.75 Å². The Bertz CT molecular complexity index is 627. The Labute approximate surface area is 138 Å². The fourth-order valence-electron chi connectivity index (χ4n) is 1.34. The molecule has 1 aromatic heterocycles. The van der Waals surface area contributed by atoms with E-state index in [1.54, 1.807) is 12.1 Å². The fraction of sp³-hybridized carbons (Fsp3) is 0.0833. The number of halogens is 4. The third-order valence-electron chi connectivity index (χ3n) is 2.21. The molecule has 0 bridgehead atoms. The van der Waals surface area contributed by atoms with Gasteiger partial charge in [-0.1, -0.05) is 15.9 Å². The highest BCUT2D eigenvalue weighted by Crippen LogP contribution is 2.32. The third-order valence-corrected chi connectivity index (χ3v) is 5.04. The van der Waals surface area contributed by atoms with Crippen LogP contribution in [0.4, 0.5) is 4.39 Å². The predicted molar refractivity (Wildman–Crippen MR) is 83.6 cm³/mol. The van der Waals surface area contributed by atoms with E-state index in [1.165, 1.54) is 23.5 Å². The van der Waals surface area contributed by atoms with E-state index in [-0.39, 0.29) is 18.1 Å². The molecule has 0 fully saturated rings. The van der Waals surface area contributed by atoms with Gasteiger partial charge in [0, 0.05) is 10.0 Å². The first-order valence-electron chi connectivity index (χ1n) is 5.03. The minimum atomic E-state index is -0.499. The van der Waals surface area contributed by atoms with Crippen LogP contribution in [0.25, 0.3) is 0 Å². The third kappa shape index (κ3) is 3.87. The normalized spacial score (nSPS) is 10.5. The molecule has 0 spiro atoms. The first kappa shape index (κ1) is 15.2. The van der Waals surface area contributed by atoms with Crippen molar-refractivity contribution in [1.29, 1.82) is 0 Å². The topological polar surface area (TPSA) is 26.3 Å². The Kier molecular flexibility index (Phi) is 5.16. The van der Waals surface area contributed by atoms with Crippen LogP contribution in [0.3, 0.4) is 0 Å². The highest BCUT2D eigenvalue weighted by Gasteiger charge is 2.15. The lowest BCUT2D eigenvalue weighted by molar-refractivity contribution is 0.0918. The Hall–Kier alpha value is -0.240. The Morgan fingerprint density at radius 2 is 2.00 bits per heavy atom. The van der Waals surface area contributed by atoms with Gasteiger partial charge in [0.2, 0.25) is 5.78 Å². The number of benzene rings is 1. The van der Waals surface area contributed by atoms with Crippen LogP contribution in [-0.2, 0) is 0 Å². The number of hydrogen-bond acceptors (Lipinski definition) is 3. The number of Topliss-reactive ketones (excluding diaryl/α,β-unsaturated/α-hetero) is 1. The summed E-state index contributed by atoms with van der Waals surface area (Å²) in [5.74, 6) is -0.664. The molecule has 100 valence electrons. The molecule has 2 nitrogen and oxygen atoms in total. The van der Waals surface area contributed by atoms with E-state index < -0.39 is 5.82 Å². The molecule has 1 heterocycles. The lowest BCUT2D eigenvalue weighted by Gasteiger charge is -2.06. The van der Waals surface area contributed by atoms with E-state index in [0.29, 0.717) is 10.0 Å². The minimum Gasteiger partial charge on any atom is -0.482 e. The van der Waals surface area contributed by atoms with Gasteiger partial charge < -0.3 is 4.74 Å². The van der Waals surface area contributed by atoms with Gasteiger partial charge in [0.25, 0.3) is 0 Å². The van der Waals surface area contributed by atoms with Gasteiger partial charge in [-0.2, -0.15) is 0 Å². The lowest BCUT2D eigenvalue weighted by atomic mass is 10.2. The van der Waals surface area contributed by atoms with E-state index in [1.807, 2.05) is 0 Å². The predicted octanol–water partition coefficient (Wildman–Crippen LogP) is 5.44. The smallest absolute Gasteiger partial charge is 0.202 e. The van der Waals surface area contributed by atoms with Crippen molar-refractivity contribution in [3.8, 4) is 5.75 Å². The van der Waals surface area contributed by atoms with Gasteiger partial charge in [0.15, 0.2) is 18.2 Å². The minimum absolute atomic E-state index is 0.0492. The molecule has 2 aromatic rings. The maximum Gasteiger partial charge on any atom is 0.202 e. The van der Waals surface area contributed by atoms with Crippen LogP contribution in [0.15, 0.2) is 36.3 Å². The largest absolute Gasteiger partial charge is 0.482 e. The van der Waals surface area contributed by atoms with Gasteiger partial charge in [-0.05, 0) is 56.1 Å². The SMILES string of the molecule is O=C(COc1cc(Br)ccc1F)c1cc(Br)sc1Br.